The second-order valence-corrected chi connectivity index (χ2v) is 23.5. The molecular weight excluding hydrogens is 1190 g/mol. The lowest BCUT2D eigenvalue weighted by atomic mass is 9.96. The van der Waals surface area contributed by atoms with Gasteiger partial charge in [0.15, 0.2) is 0 Å². The third kappa shape index (κ3) is 24.3. The lowest BCUT2D eigenvalue weighted by molar-refractivity contribution is -0.150. The number of carboxylic acid groups (broad SMARTS) is 4. The highest BCUT2D eigenvalue weighted by molar-refractivity contribution is 6.01. The van der Waals surface area contributed by atoms with Gasteiger partial charge in [-0.05, 0) is 77.6 Å². The van der Waals surface area contributed by atoms with Crippen LogP contribution in [0.25, 0.3) is 0 Å². The van der Waals surface area contributed by atoms with Crippen LogP contribution >= 0.6 is 0 Å². The van der Waals surface area contributed by atoms with E-state index in [0.29, 0.717) is 12.3 Å². The first-order valence-electron chi connectivity index (χ1n) is 30.1. The normalized spacial score (nSPS) is 25.5. The maximum atomic E-state index is 15.2. The predicted molar refractivity (Wildman–Crippen MR) is 315 cm³/mol. The topological polar surface area (TPSA) is 507 Å². The molecule has 3 heterocycles. The molecule has 12 atom stereocenters. The van der Waals surface area contributed by atoms with Crippen LogP contribution in [0, 0.1) is 17.8 Å². The maximum absolute atomic E-state index is 15.2. The van der Waals surface area contributed by atoms with Crippen LogP contribution < -0.4 is 58.9 Å². The van der Waals surface area contributed by atoms with Crippen molar-refractivity contribution in [2.75, 3.05) is 26.2 Å². The van der Waals surface area contributed by atoms with E-state index in [2.05, 4.69) is 51.1 Å². The zero-order valence-electron chi connectivity index (χ0n) is 51.8. The molecule has 0 aliphatic carbocycles. The molecule has 3 rings (SSSR count). The van der Waals surface area contributed by atoms with Crippen LogP contribution in [0.15, 0.2) is 12.2 Å². The SMILES string of the molecule is CC(C)CCCCC/C=C\CC(=O)N[C@@H](CC(=O)O)C(=O)NC1C(=O)N2CCCC[C@@H]2C(=O)NC(C(C)C(=O)O)C(=O)N[C@@H](CC(=O)O)C(=O)NCC(=O)N[C@@H](CC(=O)O)C(=O)NCC(=O)N[C@H](C(C)N)C(=O)N[C@H](C(C)C)C(=O)N2CCC[C@H]2C(=O)N[C@H]1C. The van der Waals surface area contributed by atoms with Crippen molar-refractivity contribution >= 4 is 94.8 Å². The number of allylic oxidation sites excluding steroid dienone is 1. The highest BCUT2D eigenvalue weighted by Crippen LogP contribution is 2.24. The Morgan fingerprint density at radius 3 is 1.68 bits per heavy atom. The zero-order chi connectivity index (χ0) is 67.7. The minimum atomic E-state index is -2.15. The fourth-order valence-corrected chi connectivity index (χ4v) is 10.2. The summed E-state index contributed by atoms with van der Waals surface area (Å²) in [6, 6.07) is -18.5. The molecule has 3 aliphatic rings. The average Bonchev–Trinajstić information content (AvgIpc) is 1.43. The van der Waals surface area contributed by atoms with Gasteiger partial charge in [-0.2, -0.15) is 0 Å². The molecule has 33 heteroatoms. The van der Waals surface area contributed by atoms with Crippen LogP contribution in [0.4, 0.5) is 0 Å². The molecule has 12 amide bonds. The number of rotatable bonds is 21. The van der Waals surface area contributed by atoms with Gasteiger partial charge >= 0.3 is 23.9 Å². The molecule has 0 aromatic carbocycles. The molecule has 0 spiro atoms. The Bertz CT molecular complexity index is 2690. The van der Waals surface area contributed by atoms with Gasteiger partial charge in [-0.3, -0.25) is 76.7 Å². The van der Waals surface area contributed by atoms with Gasteiger partial charge < -0.3 is 89.1 Å². The van der Waals surface area contributed by atoms with Crippen LogP contribution in [-0.2, 0) is 76.7 Å². The Morgan fingerprint density at radius 2 is 1.12 bits per heavy atom. The summed E-state index contributed by atoms with van der Waals surface area (Å²) in [5.74, 6) is -21.9. The van der Waals surface area contributed by atoms with Gasteiger partial charge in [0, 0.05) is 25.6 Å². The number of hydrogen-bond acceptors (Lipinski definition) is 17. The fraction of sp³-hybridized carbons (Fsp3) is 0.684. The number of nitrogens with zero attached hydrogens (tertiary/aromatic N) is 2. The van der Waals surface area contributed by atoms with E-state index in [1.165, 1.54) is 13.8 Å². The standard InChI is InChI=1S/C57H89N13O20/c1-28(2)17-12-10-8-9-11-13-20-38(71)62-35(25-43(78)79)50(82)68-47-32(7)61-51(83)37-19-16-22-70(37)55(87)44(29(3)4)66-54(86)46(31(6)58)65-40(73)27-60-48(80)33(23-41(74)75)63-39(72)26-59-49(81)34(24-42(76)77)64-53(85)45(30(5)57(89)90)67-52(84)36-18-14-15-21-69(36)56(47)88/h11,13,28-37,44-47H,8-10,12,14-27,58H2,1-7H3,(H,59,81)(H,60,80)(H,61,83)(H,62,71)(H,63,72)(H,64,85)(H,65,73)(H,66,86)(H,67,84)(H,68,82)(H,74,75)(H,76,77)(H,78,79)(H,89,90)/b13-11-/t30?,31?,32-,33-,34-,35-,36+,37-,44+,45?,46+,47?/m0/s1. The number of carbonyl (C=O) groups is 16. The molecule has 4 unspecified atom stereocenters. The Balaban J connectivity index is 2.18. The summed E-state index contributed by atoms with van der Waals surface area (Å²) in [6.07, 6.45) is 4.82. The van der Waals surface area contributed by atoms with Gasteiger partial charge in [-0.15, -0.1) is 0 Å². The predicted octanol–water partition coefficient (Wildman–Crippen LogP) is -3.80. The van der Waals surface area contributed by atoms with E-state index < -0.39 is 205 Å². The molecule has 3 aliphatic heterocycles. The van der Waals surface area contributed by atoms with Crippen molar-refractivity contribution in [3.8, 4) is 0 Å². The van der Waals surface area contributed by atoms with Crippen molar-refractivity contribution in [1.82, 2.24) is 63.0 Å². The van der Waals surface area contributed by atoms with Crippen LogP contribution in [0.5, 0.6) is 0 Å². The summed E-state index contributed by atoms with van der Waals surface area (Å²) in [5.41, 5.74) is 6.11. The quantitative estimate of drug-likeness (QED) is 0.0387. The average molecular weight is 1280 g/mol. The Morgan fingerprint density at radius 1 is 0.589 bits per heavy atom. The maximum Gasteiger partial charge on any atom is 0.308 e. The monoisotopic (exact) mass is 1280 g/mol. The first-order valence-corrected chi connectivity index (χ1v) is 30.1. The summed E-state index contributed by atoms with van der Waals surface area (Å²) in [4.78, 5) is 218. The second kappa shape index (κ2) is 36.6. The van der Waals surface area contributed by atoms with E-state index in [-0.39, 0.29) is 51.6 Å². The van der Waals surface area contributed by atoms with E-state index in [4.69, 9.17) is 5.73 Å². The Kier molecular flexibility index (Phi) is 30.7. The number of amides is 12. The number of unbranched alkanes of at least 4 members (excludes halogenated alkanes) is 3. The van der Waals surface area contributed by atoms with Gasteiger partial charge in [-0.25, -0.2) is 0 Å². The smallest absolute Gasteiger partial charge is 0.308 e. The lowest BCUT2D eigenvalue weighted by Gasteiger charge is -2.39. The van der Waals surface area contributed by atoms with Gasteiger partial charge in [-0.1, -0.05) is 59.1 Å². The highest BCUT2D eigenvalue weighted by atomic mass is 16.4. The van der Waals surface area contributed by atoms with Crippen LogP contribution in [-0.4, -0.2) is 218 Å². The molecule has 0 aromatic heterocycles. The summed E-state index contributed by atoms with van der Waals surface area (Å²) >= 11 is 0. The summed E-state index contributed by atoms with van der Waals surface area (Å²) < 4.78 is 0. The molecule has 33 nitrogen and oxygen atoms in total. The Labute approximate surface area is 520 Å². The van der Waals surface area contributed by atoms with Crippen LogP contribution in [0.2, 0.25) is 0 Å². The molecule has 0 radical (unpaired) electrons. The first kappa shape index (κ1) is 75.5. The number of nitrogens with one attached hydrogen (secondary N) is 10. The third-order valence-corrected chi connectivity index (χ3v) is 15.2. The molecule has 0 bridgehead atoms. The van der Waals surface area contributed by atoms with Crippen molar-refractivity contribution < 1.29 is 97.1 Å². The van der Waals surface area contributed by atoms with E-state index in [1.54, 1.807) is 26.0 Å². The lowest BCUT2D eigenvalue weighted by Crippen LogP contribution is -2.66. The van der Waals surface area contributed by atoms with Gasteiger partial charge in [0.1, 0.15) is 54.4 Å². The largest absolute Gasteiger partial charge is 0.481 e. The molecule has 0 aromatic rings. The number of carboxylic acids is 4. The minimum absolute atomic E-state index is 0.0220. The van der Waals surface area contributed by atoms with E-state index in [1.807, 2.05) is 16.0 Å². The number of aliphatic carboxylic acids is 4. The highest BCUT2D eigenvalue weighted by Gasteiger charge is 2.45. The third-order valence-electron chi connectivity index (χ3n) is 15.2. The number of hydrogen-bond donors (Lipinski definition) is 15. The molecule has 0 saturated carbocycles. The molecule has 90 heavy (non-hydrogen) atoms. The fourth-order valence-electron chi connectivity index (χ4n) is 10.2. The Hall–Kier alpha value is -8.78. The number of carbonyl (C=O) groups excluding carboxylic acids is 12. The molecule has 502 valence electrons. The molecule has 3 fully saturated rings. The van der Waals surface area contributed by atoms with Gasteiger partial charge in [0.25, 0.3) is 0 Å². The number of piperidine rings is 1. The summed E-state index contributed by atoms with van der Waals surface area (Å²) in [7, 11) is 0. The first-order chi connectivity index (χ1) is 42.2. The van der Waals surface area contributed by atoms with E-state index >= 15 is 4.79 Å². The zero-order valence-corrected chi connectivity index (χ0v) is 51.8. The van der Waals surface area contributed by atoms with Crippen molar-refractivity contribution in [3.63, 3.8) is 0 Å². The summed E-state index contributed by atoms with van der Waals surface area (Å²) in [6.45, 7) is 8.60. The van der Waals surface area contributed by atoms with Gasteiger partial charge in [0.2, 0.25) is 70.9 Å². The molecule has 16 N–H and O–H groups in total. The van der Waals surface area contributed by atoms with Crippen molar-refractivity contribution in [2.45, 2.75) is 205 Å². The van der Waals surface area contributed by atoms with E-state index in [0.717, 1.165) is 42.4 Å². The van der Waals surface area contributed by atoms with Crippen molar-refractivity contribution in [1.29, 1.82) is 0 Å². The number of fused-ring (bicyclic) bond motifs is 2. The molecule has 3 saturated heterocycles. The minimum Gasteiger partial charge on any atom is -0.481 e. The van der Waals surface area contributed by atoms with Crippen molar-refractivity contribution in [3.05, 3.63) is 12.2 Å². The summed E-state index contributed by atoms with van der Waals surface area (Å²) in [5, 5.41) is 62.2. The van der Waals surface area contributed by atoms with Crippen molar-refractivity contribution in [2.24, 2.45) is 23.5 Å². The van der Waals surface area contributed by atoms with E-state index in [9.17, 15) is 92.3 Å². The second-order valence-electron chi connectivity index (χ2n) is 23.5. The van der Waals surface area contributed by atoms with Crippen LogP contribution in [0.3, 0.4) is 0 Å². The molecular formula is C57H89N13O20. The number of nitrogens with two attached hydrogens (primary N) is 1. The van der Waals surface area contributed by atoms with Crippen LogP contribution in [0.1, 0.15) is 138 Å². The van der Waals surface area contributed by atoms with Gasteiger partial charge in [0.05, 0.1) is 44.3 Å².